The molecule has 1 heterocycles. The number of nitrogens with zero attached hydrogens (tertiary/aromatic N) is 1. The largest absolute Gasteiger partial charge is 0.449 e. The van der Waals surface area contributed by atoms with Crippen molar-refractivity contribution in [2.45, 2.75) is 13.0 Å². The first kappa shape index (κ1) is 16.0. The van der Waals surface area contributed by atoms with Crippen LogP contribution in [0, 0.1) is 0 Å². The fourth-order valence-electron chi connectivity index (χ4n) is 2.06. The number of nitrogens with one attached hydrogen (secondary N) is 1. The Morgan fingerprint density at radius 1 is 1.25 bits per heavy atom. The van der Waals surface area contributed by atoms with Crippen LogP contribution >= 0.6 is 11.6 Å². The zero-order chi connectivity index (χ0) is 17.1. The molecule has 3 rings (SSSR count). The fourth-order valence-corrected chi connectivity index (χ4v) is 2.25. The van der Waals surface area contributed by atoms with Gasteiger partial charge in [-0.2, -0.15) is 0 Å². The zero-order valence-corrected chi connectivity index (χ0v) is 13.4. The minimum atomic E-state index is -0.984. The van der Waals surface area contributed by atoms with Crippen molar-refractivity contribution in [3.05, 3.63) is 59.4 Å². The number of fused-ring (bicyclic) bond motifs is 1. The number of aromatic nitrogens is 1. The van der Waals surface area contributed by atoms with Crippen molar-refractivity contribution in [1.29, 1.82) is 0 Å². The maximum Gasteiger partial charge on any atom is 0.338 e. The third-order valence-electron chi connectivity index (χ3n) is 3.35. The Balaban J connectivity index is 1.67. The molecule has 1 unspecified atom stereocenters. The van der Waals surface area contributed by atoms with Gasteiger partial charge in [0.15, 0.2) is 18.1 Å². The van der Waals surface area contributed by atoms with E-state index in [1.807, 2.05) is 0 Å². The van der Waals surface area contributed by atoms with Gasteiger partial charge in [0.2, 0.25) is 0 Å². The van der Waals surface area contributed by atoms with E-state index in [0.29, 0.717) is 21.8 Å². The Morgan fingerprint density at radius 3 is 2.83 bits per heavy atom. The molecule has 1 N–H and O–H groups in total. The number of ether oxygens (including phenoxy) is 1. The van der Waals surface area contributed by atoms with Crippen molar-refractivity contribution in [3.63, 3.8) is 0 Å². The first-order chi connectivity index (χ1) is 11.5. The van der Waals surface area contributed by atoms with Crippen LogP contribution in [0.5, 0.6) is 0 Å². The van der Waals surface area contributed by atoms with Gasteiger partial charge in [-0.05, 0) is 37.3 Å². The van der Waals surface area contributed by atoms with Crippen molar-refractivity contribution < 1.29 is 18.7 Å². The van der Waals surface area contributed by atoms with Gasteiger partial charge in [-0.1, -0.05) is 23.7 Å². The second-order valence-corrected chi connectivity index (χ2v) is 5.46. The van der Waals surface area contributed by atoms with E-state index in [1.165, 1.54) is 13.3 Å². The van der Waals surface area contributed by atoms with Crippen molar-refractivity contribution in [1.82, 2.24) is 4.98 Å². The zero-order valence-electron chi connectivity index (χ0n) is 12.7. The number of carbonyl (C=O) groups excluding carboxylic acids is 2. The number of anilines is 1. The van der Waals surface area contributed by atoms with Crippen LogP contribution in [0.2, 0.25) is 5.02 Å². The molecule has 1 amide bonds. The molecule has 1 aromatic heterocycles. The summed E-state index contributed by atoms with van der Waals surface area (Å²) in [5.74, 6) is -1.10. The number of rotatable bonds is 4. The lowest BCUT2D eigenvalue weighted by molar-refractivity contribution is -0.123. The summed E-state index contributed by atoms with van der Waals surface area (Å²) in [7, 11) is 0. The number of halogens is 1. The van der Waals surface area contributed by atoms with Crippen LogP contribution in [0.25, 0.3) is 11.1 Å². The summed E-state index contributed by atoms with van der Waals surface area (Å²) in [6.07, 6.45) is 0.307. The second kappa shape index (κ2) is 6.72. The Hall–Kier alpha value is -2.86. The summed E-state index contributed by atoms with van der Waals surface area (Å²) in [4.78, 5) is 28.3. The van der Waals surface area contributed by atoms with E-state index in [9.17, 15) is 9.59 Å². The lowest BCUT2D eigenvalue weighted by atomic mass is 10.2. The molecule has 7 heteroatoms. The molecule has 0 saturated carbocycles. The van der Waals surface area contributed by atoms with Crippen LogP contribution in [0.1, 0.15) is 17.3 Å². The SMILES string of the molecule is CC(OC(=O)c1ccc2ocnc2c1)C(=O)Nc1ccccc1Cl. The molecule has 0 spiro atoms. The van der Waals surface area contributed by atoms with E-state index in [4.69, 9.17) is 20.8 Å². The molecule has 0 aliphatic rings. The van der Waals surface area contributed by atoms with Crippen LogP contribution in [0.3, 0.4) is 0 Å². The standard InChI is InChI=1S/C17H13ClN2O4/c1-10(16(21)20-13-5-3-2-4-12(13)18)24-17(22)11-6-7-15-14(8-11)19-9-23-15/h2-10H,1H3,(H,20,21). The highest BCUT2D eigenvalue weighted by molar-refractivity contribution is 6.33. The van der Waals surface area contributed by atoms with Gasteiger partial charge in [0.1, 0.15) is 5.52 Å². The Kier molecular flexibility index (Phi) is 4.48. The summed E-state index contributed by atoms with van der Waals surface area (Å²) in [6.45, 7) is 1.48. The number of esters is 1. The normalized spacial score (nSPS) is 11.9. The smallest absolute Gasteiger partial charge is 0.338 e. The van der Waals surface area contributed by atoms with Gasteiger partial charge in [-0.15, -0.1) is 0 Å². The molecule has 0 aliphatic heterocycles. The van der Waals surface area contributed by atoms with Gasteiger partial charge >= 0.3 is 5.97 Å². The van der Waals surface area contributed by atoms with E-state index in [1.54, 1.807) is 42.5 Å². The monoisotopic (exact) mass is 344 g/mol. The number of oxazole rings is 1. The van der Waals surface area contributed by atoms with Crippen LogP contribution in [-0.2, 0) is 9.53 Å². The molecule has 0 fully saturated rings. The van der Waals surface area contributed by atoms with Crippen LogP contribution in [-0.4, -0.2) is 23.0 Å². The van der Waals surface area contributed by atoms with Crippen LogP contribution in [0.4, 0.5) is 5.69 Å². The molecule has 0 radical (unpaired) electrons. The van der Waals surface area contributed by atoms with Crippen molar-refractivity contribution >= 4 is 40.3 Å². The van der Waals surface area contributed by atoms with Crippen molar-refractivity contribution in [3.8, 4) is 0 Å². The maximum absolute atomic E-state index is 12.2. The predicted molar refractivity (Wildman–Crippen MR) is 89.0 cm³/mol. The lowest BCUT2D eigenvalue weighted by Gasteiger charge is -2.14. The second-order valence-electron chi connectivity index (χ2n) is 5.05. The molecular formula is C17H13ClN2O4. The summed E-state index contributed by atoms with van der Waals surface area (Å²) in [6, 6.07) is 11.5. The highest BCUT2D eigenvalue weighted by atomic mass is 35.5. The quantitative estimate of drug-likeness (QED) is 0.730. The Morgan fingerprint density at radius 2 is 2.04 bits per heavy atom. The van der Waals surface area contributed by atoms with E-state index in [2.05, 4.69) is 10.3 Å². The van der Waals surface area contributed by atoms with Gasteiger partial charge in [-0.3, -0.25) is 4.79 Å². The molecule has 1 atom stereocenters. The highest BCUT2D eigenvalue weighted by Gasteiger charge is 2.20. The van der Waals surface area contributed by atoms with E-state index >= 15 is 0 Å². The van der Waals surface area contributed by atoms with Gasteiger partial charge < -0.3 is 14.5 Å². The van der Waals surface area contributed by atoms with Gasteiger partial charge in [-0.25, -0.2) is 9.78 Å². The molecule has 122 valence electrons. The summed E-state index contributed by atoms with van der Waals surface area (Å²) in [5, 5.41) is 3.02. The minimum Gasteiger partial charge on any atom is -0.449 e. The van der Waals surface area contributed by atoms with E-state index in [-0.39, 0.29) is 5.56 Å². The number of carbonyl (C=O) groups is 2. The number of para-hydroxylation sites is 1. The minimum absolute atomic E-state index is 0.286. The molecule has 24 heavy (non-hydrogen) atoms. The molecule has 0 bridgehead atoms. The summed E-state index contributed by atoms with van der Waals surface area (Å²) >= 11 is 5.98. The van der Waals surface area contributed by atoms with Gasteiger partial charge in [0, 0.05) is 0 Å². The first-order valence-corrected chi connectivity index (χ1v) is 7.52. The van der Waals surface area contributed by atoms with E-state index in [0.717, 1.165) is 0 Å². The molecule has 0 saturated heterocycles. The summed E-state index contributed by atoms with van der Waals surface area (Å²) in [5.41, 5.74) is 1.85. The predicted octanol–water partition coefficient (Wildman–Crippen LogP) is 3.67. The third-order valence-corrected chi connectivity index (χ3v) is 3.68. The maximum atomic E-state index is 12.2. The third kappa shape index (κ3) is 3.38. The van der Waals surface area contributed by atoms with Crippen molar-refractivity contribution in [2.75, 3.05) is 5.32 Å². The molecule has 2 aromatic carbocycles. The molecule has 6 nitrogen and oxygen atoms in total. The number of amides is 1. The molecule has 3 aromatic rings. The lowest BCUT2D eigenvalue weighted by Crippen LogP contribution is -2.30. The highest BCUT2D eigenvalue weighted by Crippen LogP contribution is 2.21. The molecule has 0 aliphatic carbocycles. The van der Waals surface area contributed by atoms with Gasteiger partial charge in [0.25, 0.3) is 5.91 Å². The van der Waals surface area contributed by atoms with Crippen LogP contribution < -0.4 is 5.32 Å². The first-order valence-electron chi connectivity index (χ1n) is 7.14. The number of hydrogen-bond donors (Lipinski definition) is 1. The Bertz CT molecular complexity index is 906. The fraction of sp³-hybridized carbons (Fsp3) is 0.118. The molecular weight excluding hydrogens is 332 g/mol. The topological polar surface area (TPSA) is 81.4 Å². The average molecular weight is 345 g/mol. The number of benzene rings is 2. The average Bonchev–Trinajstić information content (AvgIpc) is 3.04. The van der Waals surface area contributed by atoms with Crippen molar-refractivity contribution in [2.24, 2.45) is 0 Å². The Labute approximate surface area is 142 Å². The van der Waals surface area contributed by atoms with E-state index < -0.39 is 18.0 Å². The van der Waals surface area contributed by atoms with Crippen LogP contribution in [0.15, 0.2) is 53.3 Å². The number of hydrogen-bond acceptors (Lipinski definition) is 5. The summed E-state index contributed by atoms with van der Waals surface area (Å²) < 4.78 is 10.3. The van der Waals surface area contributed by atoms with Gasteiger partial charge in [0.05, 0.1) is 16.3 Å².